The summed E-state index contributed by atoms with van der Waals surface area (Å²) in [4.78, 5) is 18.8. The number of carbonyl (C=O) groups excluding carboxylic acids is 1. The van der Waals surface area contributed by atoms with Crippen LogP contribution in [0.3, 0.4) is 0 Å². The minimum atomic E-state index is -0.499. The number of pyridine rings is 1. The first-order chi connectivity index (χ1) is 7.08. The fraction of sp³-hybridized carbons (Fsp3) is 0.200. The van der Waals surface area contributed by atoms with Crippen LogP contribution < -0.4 is 5.73 Å². The van der Waals surface area contributed by atoms with Crippen LogP contribution in [0.25, 0.3) is 11.0 Å². The highest BCUT2D eigenvalue weighted by Crippen LogP contribution is 2.18. The summed E-state index contributed by atoms with van der Waals surface area (Å²) in [7, 11) is 0. The van der Waals surface area contributed by atoms with Gasteiger partial charge in [-0.05, 0) is 35.0 Å². The minimum Gasteiger partial charge on any atom is -0.351 e. The second-order valence-electron chi connectivity index (χ2n) is 3.42. The number of ketones is 1. The number of H-pyrrole nitrogens is 1. The molecule has 0 aromatic carbocycles. The van der Waals surface area contributed by atoms with Crippen molar-refractivity contribution in [3.05, 3.63) is 28.5 Å². The Morgan fingerprint density at radius 1 is 1.60 bits per heavy atom. The normalized spacial score (nSPS) is 13.0. The first-order valence-corrected chi connectivity index (χ1v) is 5.31. The summed E-state index contributed by atoms with van der Waals surface area (Å²) in [6.07, 6.45) is 1.69. The van der Waals surface area contributed by atoms with E-state index in [0.717, 1.165) is 15.5 Å². The monoisotopic (exact) mass is 267 g/mol. The van der Waals surface area contributed by atoms with E-state index in [1.807, 2.05) is 6.07 Å². The molecule has 0 spiro atoms. The van der Waals surface area contributed by atoms with E-state index in [2.05, 4.69) is 25.9 Å². The van der Waals surface area contributed by atoms with E-state index < -0.39 is 6.04 Å². The van der Waals surface area contributed by atoms with Gasteiger partial charge in [-0.2, -0.15) is 0 Å². The predicted octanol–water partition coefficient (Wildman–Crippen LogP) is 1.86. The molecule has 78 valence electrons. The third kappa shape index (κ3) is 1.93. The summed E-state index contributed by atoms with van der Waals surface area (Å²) in [5, 5.41) is 0. The molecule has 1 unspecified atom stereocenters. The number of hydrogen-bond donors (Lipinski definition) is 2. The highest BCUT2D eigenvalue weighted by Gasteiger charge is 2.13. The second-order valence-corrected chi connectivity index (χ2v) is 4.34. The molecule has 5 heteroatoms. The van der Waals surface area contributed by atoms with Gasteiger partial charge < -0.3 is 10.7 Å². The van der Waals surface area contributed by atoms with Crippen molar-refractivity contribution < 1.29 is 4.79 Å². The molecule has 0 aliphatic rings. The molecule has 0 radical (unpaired) electrons. The molecule has 0 fully saturated rings. The third-order valence-corrected chi connectivity index (χ3v) is 2.55. The van der Waals surface area contributed by atoms with Crippen LogP contribution >= 0.6 is 15.9 Å². The number of halogens is 1. The zero-order valence-corrected chi connectivity index (χ0v) is 9.71. The lowest BCUT2D eigenvalue weighted by atomic mass is 10.2. The third-order valence-electron chi connectivity index (χ3n) is 2.11. The molecule has 0 bridgehead atoms. The van der Waals surface area contributed by atoms with Gasteiger partial charge in [-0.1, -0.05) is 0 Å². The smallest absolute Gasteiger partial charge is 0.195 e. The average molecular weight is 268 g/mol. The lowest BCUT2D eigenvalue weighted by Crippen LogP contribution is -2.26. The van der Waals surface area contributed by atoms with Crippen molar-refractivity contribution in [1.82, 2.24) is 9.97 Å². The minimum absolute atomic E-state index is 0.107. The molecule has 1 atom stereocenters. The highest BCUT2D eigenvalue weighted by atomic mass is 79.9. The Kier molecular flexibility index (Phi) is 2.58. The summed E-state index contributed by atoms with van der Waals surface area (Å²) in [6, 6.07) is 3.09. The van der Waals surface area contributed by atoms with Gasteiger partial charge in [-0.25, -0.2) is 0 Å². The summed E-state index contributed by atoms with van der Waals surface area (Å²) in [5.74, 6) is -0.107. The number of nitrogens with one attached hydrogen (secondary N) is 1. The number of carbonyl (C=O) groups is 1. The lowest BCUT2D eigenvalue weighted by molar-refractivity contribution is 0.0964. The molecule has 2 aromatic rings. The van der Waals surface area contributed by atoms with Gasteiger partial charge in [0.2, 0.25) is 0 Å². The first kappa shape index (κ1) is 10.3. The zero-order valence-electron chi connectivity index (χ0n) is 8.12. The molecule has 2 rings (SSSR count). The van der Waals surface area contributed by atoms with Crippen LogP contribution in [0.5, 0.6) is 0 Å². The van der Waals surface area contributed by atoms with Gasteiger partial charge in [-0.15, -0.1) is 0 Å². The predicted molar refractivity (Wildman–Crippen MR) is 61.8 cm³/mol. The number of Topliss-reactive ketones (excluding diaryl/α,β-unsaturated/α-hetero) is 1. The van der Waals surface area contributed by atoms with Gasteiger partial charge >= 0.3 is 0 Å². The summed E-state index contributed by atoms with van der Waals surface area (Å²) >= 11 is 3.32. The molecule has 3 N–H and O–H groups in total. The summed E-state index contributed by atoms with van der Waals surface area (Å²) in [6.45, 7) is 1.66. The van der Waals surface area contributed by atoms with Crippen molar-refractivity contribution in [2.75, 3.05) is 0 Å². The number of fused-ring (bicyclic) bond motifs is 1. The molecule has 0 saturated heterocycles. The van der Waals surface area contributed by atoms with Gasteiger partial charge in [0.25, 0.3) is 0 Å². The van der Waals surface area contributed by atoms with Crippen molar-refractivity contribution in [1.29, 1.82) is 0 Å². The number of aromatic nitrogens is 2. The zero-order chi connectivity index (χ0) is 11.0. The van der Waals surface area contributed by atoms with Crippen LogP contribution in [-0.4, -0.2) is 21.8 Å². The lowest BCUT2D eigenvalue weighted by Gasteiger charge is -1.99. The second kappa shape index (κ2) is 3.75. The van der Waals surface area contributed by atoms with E-state index in [0.29, 0.717) is 5.69 Å². The van der Waals surface area contributed by atoms with E-state index in [4.69, 9.17) is 5.73 Å². The van der Waals surface area contributed by atoms with Gasteiger partial charge in [0.1, 0.15) is 0 Å². The van der Waals surface area contributed by atoms with Crippen molar-refractivity contribution >= 4 is 32.7 Å². The molecule has 2 heterocycles. The Hall–Kier alpha value is -1.20. The van der Waals surface area contributed by atoms with Crippen LogP contribution in [0.15, 0.2) is 22.8 Å². The van der Waals surface area contributed by atoms with Crippen molar-refractivity contribution in [3.8, 4) is 0 Å². The van der Waals surface area contributed by atoms with E-state index in [-0.39, 0.29) is 5.78 Å². The van der Waals surface area contributed by atoms with Gasteiger partial charge in [-0.3, -0.25) is 9.78 Å². The number of aromatic amines is 1. The maximum atomic E-state index is 11.6. The number of nitrogens with zero attached hydrogens (tertiary/aromatic N) is 1. The number of hydrogen-bond acceptors (Lipinski definition) is 3. The Labute approximate surface area is 95.0 Å². The molecule has 0 amide bonds. The molecule has 2 aromatic heterocycles. The maximum absolute atomic E-state index is 11.6. The van der Waals surface area contributed by atoms with E-state index in [1.165, 1.54) is 0 Å². The topological polar surface area (TPSA) is 71.8 Å². The standard InChI is InChI=1S/C10H10BrN3O/c1-5(12)10(15)9-3-7-8(14-9)2-6(11)4-13-7/h2-5,14H,12H2,1H3. The van der Waals surface area contributed by atoms with Crippen LogP contribution in [0.2, 0.25) is 0 Å². The van der Waals surface area contributed by atoms with Crippen LogP contribution in [0.1, 0.15) is 17.4 Å². The van der Waals surface area contributed by atoms with Gasteiger partial charge in [0.15, 0.2) is 5.78 Å². The van der Waals surface area contributed by atoms with E-state index >= 15 is 0 Å². The molecular weight excluding hydrogens is 258 g/mol. The van der Waals surface area contributed by atoms with Gasteiger partial charge in [0, 0.05) is 10.7 Å². The Morgan fingerprint density at radius 2 is 2.33 bits per heavy atom. The number of rotatable bonds is 2. The highest BCUT2D eigenvalue weighted by molar-refractivity contribution is 9.10. The number of nitrogens with two attached hydrogens (primary N) is 1. The summed E-state index contributed by atoms with van der Waals surface area (Å²) in [5.41, 5.74) is 7.62. The largest absolute Gasteiger partial charge is 0.351 e. The molecule has 0 aliphatic heterocycles. The molecule has 0 saturated carbocycles. The van der Waals surface area contributed by atoms with E-state index in [9.17, 15) is 4.79 Å². The van der Waals surface area contributed by atoms with E-state index in [1.54, 1.807) is 19.2 Å². The van der Waals surface area contributed by atoms with Crippen LogP contribution in [0, 0.1) is 0 Å². The fourth-order valence-corrected chi connectivity index (χ4v) is 1.69. The molecule has 0 aliphatic carbocycles. The Bertz CT molecular complexity index is 518. The maximum Gasteiger partial charge on any atom is 0.195 e. The fourth-order valence-electron chi connectivity index (χ4n) is 1.36. The quantitative estimate of drug-likeness (QED) is 0.816. The van der Waals surface area contributed by atoms with Crippen LogP contribution in [0.4, 0.5) is 0 Å². The van der Waals surface area contributed by atoms with Gasteiger partial charge in [0.05, 0.1) is 22.8 Å². The average Bonchev–Trinajstić information content (AvgIpc) is 2.58. The SMILES string of the molecule is CC(N)C(=O)c1cc2ncc(Br)cc2[nH]1. The van der Waals surface area contributed by atoms with Crippen molar-refractivity contribution in [2.24, 2.45) is 5.73 Å². The molecular formula is C10H10BrN3O. The Morgan fingerprint density at radius 3 is 3.00 bits per heavy atom. The van der Waals surface area contributed by atoms with Crippen molar-refractivity contribution in [2.45, 2.75) is 13.0 Å². The first-order valence-electron chi connectivity index (χ1n) is 4.52. The Balaban J connectivity index is 2.52. The summed E-state index contributed by atoms with van der Waals surface area (Å²) < 4.78 is 0.872. The van der Waals surface area contributed by atoms with Crippen molar-refractivity contribution in [3.63, 3.8) is 0 Å². The van der Waals surface area contributed by atoms with Crippen LogP contribution in [-0.2, 0) is 0 Å². The molecule has 4 nitrogen and oxygen atoms in total. The molecule has 15 heavy (non-hydrogen) atoms.